The summed E-state index contributed by atoms with van der Waals surface area (Å²) >= 11 is 0. The van der Waals surface area contributed by atoms with Gasteiger partial charge in [0.1, 0.15) is 0 Å². The zero-order valence-corrected chi connectivity index (χ0v) is 11.2. The molecular weight excluding hydrogens is 208 g/mol. The molecule has 6 unspecified atom stereocenters. The summed E-state index contributed by atoms with van der Waals surface area (Å²) in [6.07, 6.45) is 11.1. The van der Waals surface area contributed by atoms with Crippen molar-refractivity contribution >= 4 is 0 Å². The van der Waals surface area contributed by atoms with Crippen LogP contribution in [0.3, 0.4) is 0 Å². The van der Waals surface area contributed by atoms with Crippen LogP contribution in [0.4, 0.5) is 0 Å². The Morgan fingerprint density at radius 1 is 0.882 bits per heavy atom. The summed E-state index contributed by atoms with van der Waals surface area (Å²) in [6.45, 7) is 2.40. The molecule has 1 aliphatic heterocycles. The molecule has 3 N–H and O–H groups in total. The number of piperidine rings is 1. The molecule has 98 valence electrons. The number of hydrogen-bond acceptors (Lipinski definition) is 2. The van der Waals surface area contributed by atoms with E-state index < -0.39 is 0 Å². The molecule has 0 amide bonds. The van der Waals surface area contributed by atoms with Gasteiger partial charge < -0.3 is 11.1 Å². The van der Waals surface area contributed by atoms with Crippen molar-refractivity contribution in [1.29, 1.82) is 0 Å². The second-order valence-corrected chi connectivity index (χ2v) is 6.84. The van der Waals surface area contributed by atoms with Crippen molar-refractivity contribution in [2.75, 3.05) is 0 Å². The van der Waals surface area contributed by atoms with E-state index in [0.29, 0.717) is 6.04 Å². The number of nitrogens with one attached hydrogen (secondary N) is 1. The maximum absolute atomic E-state index is 6.64. The highest BCUT2D eigenvalue weighted by Gasteiger charge is 2.44. The second kappa shape index (κ2) is 4.89. The van der Waals surface area contributed by atoms with Crippen molar-refractivity contribution in [1.82, 2.24) is 5.32 Å². The third-order valence-corrected chi connectivity index (χ3v) is 5.65. The van der Waals surface area contributed by atoms with Gasteiger partial charge in [0.25, 0.3) is 0 Å². The first-order valence-corrected chi connectivity index (χ1v) is 7.77. The van der Waals surface area contributed by atoms with E-state index in [1.54, 1.807) is 0 Å². The van der Waals surface area contributed by atoms with Gasteiger partial charge in [-0.1, -0.05) is 26.2 Å². The molecule has 1 heterocycles. The summed E-state index contributed by atoms with van der Waals surface area (Å²) in [4.78, 5) is 0. The lowest BCUT2D eigenvalue weighted by Gasteiger charge is -2.50. The fourth-order valence-electron chi connectivity index (χ4n) is 4.65. The molecule has 2 aliphatic carbocycles. The fourth-order valence-corrected chi connectivity index (χ4v) is 4.65. The first-order chi connectivity index (χ1) is 8.25. The minimum atomic E-state index is 0.479. The van der Waals surface area contributed by atoms with Crippen molar-refractivity contribution < 1.29 is 0 Å². The largest absolute Gasteiger partial charge is 0.327 e. The maximum atomic E-state index is 6.64. The van der Waals surface area contributed by atoms with Gasteiger partial charge in [0, 0.05) is 18.1 Å². The highest BCUT2D eigenvalue weighted by Crippen LogP contribution is 2.40. The van der Waals surface area contributed by atoms with E-state index in [4.69, 9.17) is 5.73 Å². The van der Waals surface area contributed by atoms with Crippen molar-refractivity contribution in [3.8, 4) is 0 Å². The highest BCUT2D eigenvalue weighted by molar-refractivity contribution is 5.02. The number of fused-ring (bicyclic) bond motifs is 2. The minimum Gasteiger partial charge on any atom is -0.327 e. The number of hydrogen-bond donors (Lipinski definition) is 2. The smallest absolute Gasteiger partial charge is 0.0125 e. The van der Waals surface area contributed by atoms with Crippen LogP contribution in [0.2, 0.25) is 0 Å². The Morgan fingerprint density at radius 2 is 1.65 bits per heavy atom. The molecule has 3 rings (SSSR count). The second-order valence-electron chi connectivity index (χ2n) is 6.84. The van der Waals surface area contributed by atoms with Crippen LogP contribution in [0.25, 0.3) is 0 Å². The van der Waals surface area contributed by atoms with E-state index in [2.05, 4.69) is 12.2 Å². The molecule has 0 radical (unpaired) electrons. The molecule has 0 spiro atoms. The molecule has 0 aromatic carbocycles. The van der Waals surface area contributed by atoms with Gasteiger partial charge in [-0.3, -0.25) is 0 Å². The molecule has 6 atom stereocenters. The van der Waals surface area contributed by atoms with Gasteiger partial charge in [-0.2, -0.15) is 0 Å². The molecule has 2 heteroatoms. The predicted octanol–water partition coefficient (Wildman–Crippen LogP) is 2.67. The molecule has 0 bridgehead atoms. The predicted molar refractivity (Wildman–Crippen MR) is 71.8 cm³/mol. The molecule has 2 saturated carbocycles. The Balaban J connectivity index is 1.75. The fraction of sp³-hybridized carbons (Fsp3) is 1.00. The van der Waals surface area contributed by atoms with Crippen LogP contribution in [0.15, 0.2) is 0 Å². The number of nitrogens with two attached hydrogens (primary N) is 1. The average Bonchev–Trinajstić information content (AvgIpc) is 2.56. The van der Waals surface area contributed by atoms with E-state index >= 15 is 0 Å². The third-order valence-electron chi connectivity index (χ3n) is 5.65. The first-order valence-electron chi connectivity index (χ1n) is 7.77. The quantitative estimate of drug-likeness (QED) is 0.678. The molecule has 0 aromatic rings. The van der Waals surface area contributed by atoms with Crippen LogP contribution in [0.5, 0.6) is 0 Å². The lowest BCUT2D eigenvalue weighted by atomic mass is 9.67. The van der Waals surface area contributed by atoms with Gasteiger partial charge in [0.2, 0.25) is 0 Å². The molecule has 1 saturated heterocycles. The average molecular weight is 236 g/mol. The Kier molecular flexibility index (Phi) is 3.45. The summed E-state index contributed by atoms with van der Waals surface area (Å²) in [5.74, 6) is 2.42. The topological polar surface area (TPSA) is 38.0 Å². The maximum Gasteiger partial charge on any atom is 0.0125 e. The van der Waals surface area contributed by atoms with Gasteiger partial charge in [0.15, 0.2) is 0 Å². The zero-order valence-electron chi connectivity index (χ0n) is 11.2. The molecule has 3 fully saturated rings. The van der Waals surface area contributed by atoms with E-state index in [1.807, 2.05) is 0 Å². The lowest BCUT2D eigenvalue weighted by Crippen LogP contribution is -2.63. The Labute approximate surface area is 106 Å². The van der Waals surface area contributed by atoms with Gasteiger partial charge in [-0.25, -0.2) is 0 Å². The molecule has 3 aliphatic rings. The Hall–Kier alpha value is -0.0800. The van der Waals surface area contributed by atoms with Crippen LogP contribution in [0.1, 0.15) is 58.3 Å². The van der Waals surface area contributed by atoms with Crippen LogP contribution in [-0.4, -0.2) is 18.1 Å². The van der Waals surface area contributed by atoms with E-state index in [0.717, 1.165) is 29.8 Å². The Bertz CT molecular complexity index is 264. The summed E-state index contributed by atoms with van der Waals surface area (Å²) in [5, 5.41) is 3.97. The van der Waals surface area contributed by atoms with Gasteiger partial charge in [-0.15, -0.1) is 0 Å². The molecule has 2 nitrogen and oxygen atoms in total. The lowest BCUT2D eigenvalue weighted by molar-refractivity contribution is 0.0738. The molecular formula is C15H28N2. The van der Waals surface area contributed by atoms with Crippen molar-refractivity contribution in [3.05, 3.63) is 0 Å². The summed E-state index contributed by atoms with van der Waals surface area (Å²) in [5.41, 5.74) is 6.64. The van der Waals surface area contributed by atoms with Crippen molar-refractivity contribution in [3.63, 3.8) is 0 Å². The third kappa shape index (κ3) is 2.26. The van der Waals surface area contributed by atoms with E-state index in [9.17, 15) is 0 Å². The summed E-state index contributed by atoms with van der Waals surface area (Å²) in [6, 6.07) is 1.95. The Morgan fingerprint density at radius 3 is 2.53 bits per heavy atom. The summed E-state index contributed by atoms with van der Waals surface area (Å²) < 4.78 is 0. The monoisotopic (exact) mass is 236 g/mol. The van der Waals surface area contributed by atoms with Crippen molar-refractivity contribution in [2.45, 2.75) is 76.4 Å². The minimum absolute atomic E-state index is 0.479. The molecule has 0 aromatic heterocycles. The van der Waals surface area contributed by atoms with Crippen LogP contribution in [0, 0.1) is 17.8 Å². The van der Waals surface area contributed by atoms with Crippen molar-refractivity contribution in [2.24, 2.45) is 23.5 Å². The molecule has 17 heavy (non-hydrogen) atoms. The number of rotatable bonds is 0. The van der Waals surface area contributed by atoms with Gasteiger partial charge in [0.05, 0.1) is 0 Å². The van der Waals surface area contributed by atoms with Gasteiger partial charge in [-0.05, 0) is 49.9 Å². The van der Waals surface area contributed by atoms with E-state index in [-0.39, 0.29) is 0 Å². The summed E-state index contributed by atoms with van der Waals surface area (Å²) in [7, 11) is 0. The van der Waals surface area contributed by atoms with Crippen LogP contribution in [-0.2, 0) is 0 Å². The highest BCUT2D eigenvalue weighted by atomic mass is 15.0. The normalized spacial score (nSPS) is 51.2. The standard InChI is InChI=1S/C15H28N2/c1-10-7-8-14-12(9-10)15(16)11-5-3-2-4-6-13(11)17-14/h10-15,17H,2-9,16H2,1H3. The van der Waals surface area contributed by atoms with Crippen LogP contribution < -0.4 is 11.1 Å². The van der Waals surface area contributed by atoms with Gasteiger partial charge >= 0.3 is 0 Å². The first kappa shape index (κ1) is 12.0. The van der Waals surface area contributed by atoms with Crippen LogP contribution >= 0.6 is 0 Å². The van der Waals surface area contributed by atoms with E-state index in [1.165, 1.54) is 51.4 Å². The zero-order chi connectivity index (χ0) is 11.8. The SMILES string of the molecule is CC1CCC2NC3CCCCCC3C(N)C2C1.